The van der Waals surface area contributed by atoms with Gasteiger partial charge in [-0.1, -0.05) is 29.8 Å². The zero-order valence-electron chi connectivity index (χ0n) is 9.65. The molecule has 3 nitrogen and oxygen atoms in total. The molecular weight excluding hydrogens is 268 g/mol. The highest BCUT2D eigenvalue weighted by Gasteiger charge is 2.18. The number of hydrazine groups is 1. The molecule has 0 spiro atoms. The van der Waals surface area contributed by atoms with Crippen LogP contribution in [0.1, 0.15) is 27.6 Å². The molecule has 94 valence electrons. The predicted octanol–water partition coefficient (Wildman–Crippen LogP) is 2.98. The third-order valence-corrected chi connectivity index (χ3v) is 4.42. The van der Waals surface area contributed by atoms with Crippen LogP contribution < -0.4 is 11.3 Å². The van der Waals surface area contributed by atoms with Gasteiger partial charge in [0, 0.05) is 4.88 Å². The minimum absolute atomic E-state index is 0.0200. The molecule has 1 unspecified atom stereocenters. The van der Waals surface area contributed by atoms with Crippen LogP contribution in [0.5, 0.6) is 0 Å². The fraction of sp³-hybridized carbons (Fsp3) is 0.231. The van der Waals surface area contributed by atoms with Crippen LogP contribution in [-0.2, 0) is 18.0 Å². The lowest BCUT2D eigenvalue weighted by atomic mass is 10.0. The molecule has 1 aliphatic rings. The van der Waals surface area contributed by atoms with Gasteiger partial charge in [-0.05, 0) is 28.8 Å². The van der Waals surface area contributed by atoms with Crippen LogP contribution in [-0.4, -0.2) is 0 Å². The van der Waals surface area contributed by atoms with Crippen molar-refractivity contribution in [3.05, 3.63) is 56.2 Å². The maximum Gasteiger partial charge on any atom is 0.0931 e. The van der Waals surface area contributed by atoms with E-state index in [2.05, 4.69) is 23.6 Å². The van der Waals surface area contributed by atoms with E-state index in [0.29, 0.717) is 13.2 Å². The van der Waals surface area contributed by atoms with Crippen molar-refractivity contribution < 1.29 is 4.74 Å². The normalized spacial score (nSPS) is 15.7. The Kier molecular flexibility index (Phi) is 3.37. The van der Waals surface area contributed by atoms with E-state index < -0.39 is 0 Å². The highest BCUT2D eigenvalue weighted by atomic mass is 35.5. The molecule has 3 N–H and O–H groups in total. The number of nitrogens with two attached hydrogens (primary N) is 1. The van der Waals surface area contributed by atoms with E-state index in [0.717, 1.165) is 14.8 Å². The van der Waals surface area contributed by atoms with E-state index in [1.54, 1.807) is 11.3 Å². The van der Waals surface area contributed by atoms with Gasteiger partial charge in [-0.2, -0.15) is 0 Å². The van der Waals surface area contributed by atoms with E-state index in [4.69, 9.17) is 22.2 Å². The Bertz CT molecular complexity index is 570. The Morgan fingerprint density at radius 2 is 2.06 bits per heavy atom. The molecule has 1 atom stereocenters. The second-order valence-corrected chi connectivity index (χ2v) is 6.01. The zero-order chi connectivity index (χ0) is 12.5. The number of ether oxygens (including phenoxy) is 1. The Balaban J connectivity index is 1.96. The summed E-state index contributed by atoms with van der Waals surface area (Å²) in [5, 5.41) is 0. The molecule has 5 heteroatoms. The molecule has 0 radical (unpaired) electrons. The third-order valence-electron chi connectivity index (χ3n) is 3.12. The van der Waals surface area contributed by atoms with Crippen LogP contribution in [0.4, 0.5) is 0 Å². The van der Waals surface area contributed by atoms with Gasteiger partial charge in [0.2, 0.25) is 0 Å². The van der Waals surface area contributed by atoms with E-state index in [9.17, 15) is 0 Å². The minimum Gasteiger partial charge on any atom is -0.372 e. The zero-order valence-corrected chi connectivity index (χ0v) is 11.2. The van der Waals surface area contributed by atoms with Crippen molar-refractivity contribution in [1.82, 2.24) is 5.43 Å². The summed E-state index contributed by atoms with van der Waals surface area (Å²) in [7, 11) is 0. The summed E-state index contributed by atoms with van der Waals surface area (Å²) in [5.41, 5.74) is 6.50. The predicted molar refractivity (Wildman–Crippen MR) is 73.4 cm³/mol. The second-order valence-electron chi connectivity index (χ2n) is 4.26. The molecule has 0 bridgehead atoms. The second kappa shape index (κ2) is 4.99. The Morgan fingerprint density at radius 3 is 2.78 bits per heavy atom. The fourth-order valence-electron chi connectivity index (χ4n) is 2.20. The monoisotopic (exact) mass is 280 g/mol. The smallest absolute Gasteiger partial charge is 0.0931 e. The number of rotatable bonds is 3. The quantitative estimate of drug-likeness (QED) is 0.671. The largest absolute Gasteiger partial charge is 0.372 e. The standard InChI is InChI=1S/C13H13ClN2OS/c14-12-4-3-11(18-12)13(16-15)8-1-2-9-6-17-7-10(9)5-8/h1-5,13,16H,6-7,15H2. The van der Waals surface area contributed by atoms with Crippen LogP contribution >= 0.6 is 22.9 Å². The lowest BCUT2D eigenvalue weighted by Crippen LogP contribution is -2.28. The number of hydrogen-bond donors (Lipinski definition) is 2. The van der Waals surface area contributed by atoms with Crippen molar-refractivity contribution in [2.24, 2.45) is 5.84 Å². The fourth-order valence-corrected chi connectivity index (χ4v) is 3.35. The highest BCUT2D eigenvalue weighted by Crippen LogP contribution is 2.32. The number of hydrogen-bond acceptors (Lipinski definition) is 4. The lowest BCUT2D eigenvalue weighted by molar-refractivity contribution is 0.134. The average molecular weight is 281 g/mol. The molecular formula is C13H13ClN2OS. The van der Waals surface area contributed by atoms with Gasteiger partial charge in [0.05, 0.1) is 23.6 Å². The number of benzene rings is 1. The van der Waals surface area contributed by atoms with Crippen LogP contribution in [0.3, 0.4) is 0 Å². The molecule has 0 fully saturated rings. The van der Waals surface area contributed by atoms with Gasteiger partial charge in [-0.25, -0.2) is 5.43 Å². The Hall–Kier alpha value is -0.910. The molecule has 0 saturated carbocycles. The third kappa shape index (κ3) is 2.18. The van der Waals surface area contributed by atoms with Crippen LogP contribution in [0.2, 0.25) is 4.34 Å². The summed E-state index contributed by atoms with van der Waals surface area (Å²) in [6, 6.07) is 10.2. The van der Waals surface area contributed by atoms with Crippen LogP contribution in [0, 0.1) is 0 Å². The highest BCUT2D eigenvalue weighted by molar-refractivity contribution is 7.16. The summed E-state index contributed by atoms with van der Waals surface area (Å²) in [6.07, 6.45) is 0. The Morgan fingerprint density at radius 1 is 1.22 bits per heavy atom. The molecule has 1 aromatic heterocycles. The molecule has 0 amide bonds. The molecule has 2 heterocycles. The van der Waals surface area contributed by atoms with Crippen LogP contribution in [0.25, 0.3) is 0 Å². The number of halogens is 1. The first-order chi connectivity index (χ1) is 8.78. The maximum absolute atomic E-state index is 5.97. The van der Waals surface area contributed by atoms with Crippen LogP contribution in [0.15, 0.2) is 30.3 Å². The lowest BCUT2D eigenvalue weighted by Gasteiger charge is -2.15. The first kappa shape index (κ1) is 12.1. The number of fused-ring (bicyclic) bond motifs is 1. The van der Waals surface area contributed by atoms with Crippen molar-refractivity contribution in [2.75, 3.05) is 0 Å². The average Bonchev–Trinajstić information content (AvgIpc) is 2.99. The summed E-state index contributed by atoms with van der Waals surface area (Å²) >= 11 is 7.51. The SMILES string of the molecule is NNC(c1ccc2c(c1)COC2)c1ccc(Cl)s1. The number of nitrogens with one attached hydrogen (secondary N) is 1. The Labute approximate surface area is 114 Å². The summed E-state index contributed by atoms with van der Waals surface area (Å²) in [5.74, 6) is 5.67. The molecule has 3 rings (SSSR count). The van der Waals surface area contributed by atoms with Crippen molar-refractivity contribution in [1.29, 1.82) is 0 Å². The van der Waals surface area contributed by atoms with Gasteiger partial charge >= 0.3 is 0 Å². The summed E-state index contributed by atoms with van der Waals surface area (Å²) < 4.78 is 6.20. The van der Waals surface area contributed by atoms with Gasteiger partial charge in [-0.15, -0.1) is 11.3 Å². The first-order valence-electron chi connectivity index (χ1n) is 5.69. The van der Waals surface area contributed by atoms with Gasteiger partial charge in [0.15, 0.2) is 0 Å². The van der Waals surface area contributed by atoms with Gasteiger partial charge in [-0.3, -0.25) is 5.84 Å². The molecule has 1 aromatic carbocycles. The molecule has 18 heavy (non-hydrogen) atoms. The van der Waals surface area contributed by atoms with E-state index in [-0.39, 0.29) is 6.04 Å². The maximum atomic E-state index is 5.97. The van der Waals surface area contributed by atoms with Gasteiger partial charge < -0.3 is 4.74 Å². The van der Waals surface area contributed by atoms with Gasteiger partial charge in [0.1, 0.15) is 0 Å². The van der Waals surface area contributed by atoms with Crippen molar-refractivity contribution >= 4 is 22.9 Å². The summed E-state index contributed by atoms with van der Waals surface area (Å²) in [4.78, 5) is 1.11. The molecule has 0 aliphatic carbocycles. The summed E-state index contributed by atoms with van der Waals surface area (Å²) in [6.45, 7) is 1.40. The van der Waals surface area contributed by atoms with E-state index in [1.165, 1.54) is 11.1 Å². The topological polar surface area (TPSA) is 47.3 Å². The van der Waals surface area contributed by atoms with E-state index >= 15 is 0 Å². The molecule has 0 saturated heterocycles. The minimum atomic E-state index is -0.0200. The van der Waals surface area contributed by atoms with E-state index in [1.807, 2.05) is 12.1 Å². The van der Waals surface area contributed by atoms with Crippen molar-refractivity contribution in [3.8, 4) is 0 Å². The molecule has 2 aromatic rings. The first-order valence-corrected chi connectivity index (χ1v) is 6.88. The number of thiophene rings is 1. The molecule has 1 aliphatic heterocycles. The van der Waals surface area contributed by atoms with Crippen molar-refractivity contribution in [2.45, 2.75) is 19.3 Å². The van der Waals surface area contributed by atoms with Gasteiger partial charge in [0.25, 0.3) is 0 Å². The van der Waals surface area contributed by atoms with Crippen molar-refractivity contribution in [3.63, 3.8) is 0 Å².